The highest BCUT2D eigenvalue weighted by atomic mass is 16.4. The summed E-state index contributed by atoms with van der Waals surface area (Å²) in [6, 6.07) is 6.70. The number of benzene rings is 1. The van der Waals surface area contributed by atoms with Gasteiger partial charge in [-0.25, -0.2) is 4.79 Å². The first-order valence-corrected chi connectivity index (χ1v) is 6.81. The lowest BCUT2D eigenvalue weighted by Crippen LogP contribution is -2.41. The maximum atomic E-state index is 12.4. The van der Waals surface area contributed by atoms with Crippen LogP contribution in [0.25, 0.3) is 10.9 Å². The second-order valence-electron chi connectivity index (χ2n) is 5.33. The molecule has 1 aliphatic heterocycles. The van der Waals surface area contributed by atoms with Crippen LogP contribution >= 0.6 is 0 Å². The van der Waals surface area contributed by atoms with E-state index in [1.807, 2.05) is 24.3 Å². The van der Waals surface area contributed by atoms with Crippen molar-refractivity contribution >= 4 is 22.8 Å². The van der Waals surface area contributed by atoms with Gasteiger partial charge in [-0.3, -0.25) is 4.79 Å². The van der Waals surface area contributed by atoms with E-state index in [9.17, 15) is 14.7 Å². The molecular weight excluding hydrogens is 272 g/mol. The van der Waals surface area contributed by atoms with Crippen LogP contribution in [-0.4, -0.2) is 50.7 Å². The Hall–Kier alpha value is -2.34. The van der Waals surface area contributed by atoms with Crippen LogP contribution in [0.1, 0.15) is 12.0 Å². The third kappa shape index (κ3) is 2.50. The van der Waals surface area contributed by atoms with Crippen molar-refractivity contribution in [2.24, 2.45) is 0 Å². The van der Waals surface area contributed by atoms with E-state index in [0.717, 1.165) is 16.5 Å². The fourth-order valence-electron chi connectivity index (χ4n) is 2.87. The number of aromatic nitrogens is 1. The summed E-state index contributed by atoms with van der Waals surface area (Å²) in [6.45, 7) is 0.0815. The van der Waals surface area contributed by atoms with Crippen LogP contribution in [0.5, 0.6) is 0 Å². The minimum atomic E-state index is -1.07. The molecule has 6 heteroatoms. The number of β-amino-alcohol motifs (C(OH)–C–C–N with tert-alkyl or cyclic N) is 1. The van der Waals surface area contributed by atoms with Crippen molar-refractivity contribution in [2.45, 2.75) is 25.0 Å². The molecule has 0 aliphatic carbocycles. The number of amides is 1. The van der Waals surface area contributed by atoms with E-state index in [2.05, 4.69) is 4.98 Å². The van der Waals surface area contributed by atoms with Crippen LogP contribution in [0.3, 0.4) is 0 Å². The summed E-state index contributed by atoms with van der Waals surface area (Å²) in [4.78, 5) is 27.9. The van der Waals surface area contributed by atoms with E-state index in [0.29, 0.717) is 0 Å². The van der Waals surface area contributed by atoms with Gasteiger partial charge in [0, 0.05) is 30.1 Å². The van der Waals surface area contributed by atoms with E-state index in [-0.39, 0.29) is 25.3 Å². The Labute approximate surface area is 121 Å². The van der Waals surface area contributed by atoms with Gasteiger partial charge in [0.15, 0.2) is 0 Å². The molecule has 1 aliphatic rings. The molecule has 3 N–H and O–H groups in total. The number of nitrogens with zero attached hydrogens (tertiary/aromatic N) is 1. The SMILES string of the molecule is O=C(O)C1CC(O)CN1C(=O)Cc1c[nH]c2ccccc12. The molecule has 0 spiro atoms. The zero-order valence-corrected chi connectivity index (χ0v) is 11.3. The van der Waals surface area contributed by atoms with Crippen LogP contribution in [0, 0.1) is 0 Å². The predicted molar refractivity (Wildman–Crippen MR) is 75.8 cm³/mol. The van der Waals surface area contributed by atoms with Gasteiger partial charge in [-0.15, -0.1) is 0 Å². The molecule has 1 fully saturated rings. The largest absolute Gasteiger partial charge is 0.480 e. The van der Waals surface area contributed by atoms with E-state index in [1.54, 1.807) is 6.20 Å². The van der Waals surface area contributed by atoms with Crippen LogP contribution in [-0.2, 0) is 16.0 Å². The van der Waals surface area contributed by atoms with Crippen molar-refractivity contribution in [3.63, 3.8) is 0 Å². The van der Waals surface area contributed by atoms with Crippen molar-refractivity contribution in [3.05, 3.63) is 36.0 Å². The number of aliphatic hydroxyl groups is 1. The lowest BCUT2D eigenvalue weighted by Gasteiger charge is -2.21. The number of fused-ring (bicyclic) bond motifs is 1. The Bertz CT molecular complexity index is 694. The molecule has 1 amide bonds. The number of hydrogen-bond donors (Lipinski definition) is 3. The van der Waals surface area contributed by atoms with Crippen molar-refractivity contribution in [3.8, 4) is 0 Å². The topological polar surface area (TPSA) is 93.6 Å². The number of likely N-dealkylation sites (tertiary alicyclic amines) is 1. The second-order valence-corrected chi connectivity index (χ2v) is 5.33. The number of aliphatic hydroxyl groups excluding tert-OH is 1. The summed E-state index contributed by atoms with van der Waals surface area (Å²) in [6.07, 6.45) is 1.22. The smallest absolute Gasteiger partial charge is 0.326 e. The van der Waals surface area contributed by atoms with Gasteiger partial charge in [0.05, 0.1) is 12.5 Å². The van der Waals surface area contributed by atoms with Crippen LogP contribution in [0.15, 0.2) is 30.5 Å². The minimum Gasteiger partial charge on any atom is -0.480 e. The number of hydrogen-bond acceptors (Lipinski definition) is 3. The Morgan fingerprint density at radius 3 is 2.86 bits per heavy atom. The lowest BCUT2D eigenvalue weighted by molar-refractivity contribution is -0.147. The predicted octanol–water partition coefficient (Wildman–Crippen LogP) is 0.757. The molecule has 2 atom stereocenters. The summed E-state index contributed by atoms with van der Waals surface area (Å²) < 4.78 is 0. The lowest BCUT2D eigenvalue weighted by atomic mass is 10.1. The third-order valence-electron chi connectivity index (χ3n) is 3.90. The minimum absolute atomic E-state index is 0.0815. The molecule has 3 rings (SSSR count). The number of carbonyl (C=O) groups is 2. The first-order valence-electron chi connectivity index (χ1n) is 6.81. The molecule has 110 valence electrons. The Kier molecular flexibility index (Phi) is 3.39. The number of aliphatic carboxylic acids is 1. The molecule has 0 saturated carbocycles. The molecule has 1 aromatic carbocycles. The maximum absolute atomic E-state index is 12.4. The molecule has 0 bridgehead atoms. The number of carboxylic acid groups (broad SMARTS) is 1. The zero-order valence-electron chi connectivity index (χ0n) is 11.3. The number of rotatable bonds is 3. The van der Waals surface area contributed by atoms with Crippen LogP contribution in [0.4, 0.5) is 0 Å². The van der Waals surface area contributed by atoms with Gasteiger partial charge < -0.3 is 20.1 Å². The van der Waals surface area contributed by atoms with Crippen molar-refractivity contribution in [2.75, 3.05) is 6.54 Å². The van der Waals surface area contributed by atoms with Gasteiger partial charge in [0.25, 0.3) is 0 Å². The molecule has 2 unspecified atom stereocenters. The van der Waals surface area contributed by atoms with Gasteiger partial charge in [-0.05, 0) is 11.6 Å². The second kappa shape index (κ2) is 5.21. The average molecular weight is 288 g/mol. The third-order valence-corrected chi connectivity index (χ3v) is 3.90. The van der Waals surface area contributed by atoms with E-state index in [4.69, 9.17) is 5.11 Å². The molecule has 2 heterocycles. The highest BCUT2D eigenvalue weighted by Gasteiger charge is 2.38. The van der Waals surface area contributed by atoms with Crippen molar-refractivity contribution in [1.82, 2.24) is 9.88 Å². The average Bonchev–Trinajstić information content (AvgIpc) is 3.03. The molecule has 0 radical (unpaired) electrons. The fourth-order valence-corrected chi connectivity index (χ4v) is 2.87. The summed E-state index contributed by atoms with van der Waals surface area (Å²) >= 11 is 0. The van der Waals surface area contributed by atoms with Crippen molar-refractivity contribution < 1.29 is 19.8 Å². The Morgan fingerprint density at radius 2 is 2.10 bits per heavy atom. The molecule has 1 saturated heterocycles. The number of carbonyl (C=O) groups excluding carboxylic acids is 1. The zero-order chi connectivity index (χ0) is 15.0. The summed E-state index contributed by atoms with van der Waals surface area (Å²) in [7, 11) is 0. The summed E-state index contributed by atoms with van der Waals surface area (Å²) in [5.41, 5.74) is 1.78. The monoisotopic (exact) mass is 288 g/mol. The molecule has 21 heavy (non-hydrogen) atoms. The van der Waals surface area contributed by atoms with Crippen LogP contribution < -0.4 is 0 Å². The first-order chi connectivity index (χ1) is 10.1. The number of H-pyrrole nitrogens is 1. The van der Waals surface area contributed by atoms with E-state index < -0.39 is 18.1 Å². The maximum Gasteiger partial charge on any atom is 0.326 e. The highest BCUT2D eigenvalue weighted by Crippen LogP contribution is 2.22. The molecule has 6 nitrogen and oxygen atoms in total. The Balaban J connectivity index is 1.81. The molecule has 1 aromatic heterocycles. The van der Waals surface area contributed by atoms with Crippen molar-refractivity contribution in [1.29, 1.82) is 0 Å². The van der Waals surface area contributed by atoms with Gasteiger partial charge in [-0.1, -0.05) is 18.2 Å². The quantitative estimate of drug-likeness (QED) is 0.777. The highest BCUT2D eigenvalue weighted by molar-refractivity contribution is 5.91. The van der Waals surface area contributed by atoms with E-state index in [1.165, 1.54) is 4.90 Å². The number of carboxylic acids is 1. The molecule has 2 aromatic rings. The van der Waals surface area contributed by atoms with Gasteiger partial charge in [0.2, 0.25) is 5.91 Å². The van der Waals surface area contributed by atoms with Gasteiger partial charge >= 0.3 is 5.97 Å². The first kappa shape index (κ1) is 13.6. The number of para-hydroxylation sites is 1. The van der Waals surface area contributed by atoms with Crippen LogP contribution in [0.2, 0.25) is 0 Å². The van der Waals surface area contributed by atoms with Gasteiger partial charge in [-0.2, -0.15) is 0 Å². The summed E-state index contributed by atoms with van der Waals surface area (Å²) in [5.74, 6) is -1.34. The standard InChI is InChI=1S/C15H16N2O4/c18-10-6-13(15(20)21)17(8-10)14(19)5-9-7-16-12-4-2-1-3-11(9)12/h1-4,7,10,13,16,18H,5-6,8H2,(H,20,21). The number of nitrogens with one attached hydrogen (secondary N) is 1. The number of aromatic amines is 1. The summed E-state index contributed by atoms with van der Waals surface area (Å²) in [5, 5.41) is 19.7. The molecular formula is C15H16N2O4. The van der Waals surface area contributed by atoms with Gasteiger partial charge in [0.1, 0.15) is 6.04 Å². The Morgan fingerprint density at radius 1 is 1.33 bits per heavy atom. The fraction of sp³-hybridized carbons (Fsp3) is 0.333. The van der Waals surface area contributed by atoms with E-state index >= 15 is 0 Å². The normalized spacial score (nSPS) is 21.9.